The van der Waals surface area contributed by atoms with E-state index in [-0.39, 0.29) is 24.3 Å². The quantitative estimate of drug-likeness (QED) is 0.867. The van der Waals surface area contributed by atoms with Gasteiger partial charge in [-0.25, -0.2) is 4.39 Å². The topological polar surface area (TPSA) is 35.2 Å². The van der Waals surface area contributed by atoms with Crippen molar-refractivity contribution in [2.75, 3.05) is 6.61 Å². The Hall–Kier alpha value is -0.800. The number of ether oxygens (including phenoxy) is 1. The molecule has 0 heterocycles. The second kappa shape index (κ2) is 7.11. The summed E-state index contributed by atoms with van der Waals surface area (Å²) in [6, 6.07) is 3.44. The van der Waals surface area contributed by atoms with Crippen LogP contribution in [0.4, 0.5) is 4.39 Å². The smallest absolute Gasteiger partial charge is 0.126 e. The van der Waals surface area contributed by atoms with Gasteiger partial charge < -0.3 is 10.5 Å². The maximum absolute atomic E-state index is 13.6. The molecule has 0 aliphatic heterocycles. The van der Waals surface area contributed by atoms with Crippen LogP contribution in [-0.4, -0.2) is 12.6 Å². The summed E-state index contributed by atoms with van der Waals surface area (Å²) in [4.78, 5) is 0. The van der Waals surface area contributed by atoms with Crippen molar-refractivity contribution in [1.29, 1.82) is 0 Å². The number of benzene rings is 1. The Labute approximate surface area is 120 Å². The van der Waals surface area contributed by atoms with E-state index >= 15 is 0 Å². The van der Waals surface area contributed by atoms with Gasteiger partial charge in [0.2, 0.25) is 0 Å². The van der Waals surface area contributed by atoms with Crippen LogP contribution in [0.1, 0.15) is 37.3 Å². The fraction of sp³-hybridized carbons (Fsp3) is 0.600. The number of hydrogen-bond donors (Lipinski definition) is 1. The molecule has 0 aromatic heterocycles. The molecular formula is C15H23ClFNO. The van der Waals surface area contributed by atoms with E-state index in [9.17, 15) is 4.39 Å². The lowest BCUT2D eigenvalue weighted by atomic mass is 10.0. The molecule has 2 nitrogen and oxygen atoms in total. The minimum atomic E-state index is -0.174. The monoisotopic (exact) mass is 287 g/mol. The lowest BCUT2D eigenvalue weighted by molar-refractivity contribution is 0.295. The molecule has 1 atom stereocenters. The van der Waals surface area contributed by atoms with Gasteiger partial charge in [0.25, 0.3) is 0 Å². The Morgan fingerprint density at radius 1 is 1.42 bits per heavy atom. The van der Waals surface area contributed by atoms with E-state index in [0.717, 1.165) is 24.3 Å². The number of halogens is 2. The largest absolute Gasteiger partial charge is 0.493 e. The Balaban J connectivity index is 0.00000180. The Bertz CT molecular complexity index is 421. The zero-order chi connectivity index (χ0) is 13.1. The highest BCUT2D eigenvalue weighted by molar-refractivity contribution is 5.85. The molecule has 1 saturated carbocycles. The first-order valence-corrected chi connectivity index (χ1v) is 6.77. The van der Waals surface area contributed by atoms with Crippen LogP contribution in [0, 0.1) is 18.7 Å². The molecule has 19 heavy (non-hydrogen) atoms. The van der Waals surface area contributed by atoms with Gasteiger partial charge in [0.1, 0.15) is 11.6 Å². The highest BCUT2D eigenvalue weighted by atomic mass is 35.5. The van der Waals surface area contributed by atoms with Crippen molar-refractivity contribution in [3.8, 4) is 5.75 Å². The zero-order valence-electron chi connectivity index (χ0n) is 11.6. The van der Waals surface area contributed by atoms with Gasteiger partial charge in [0, 0.05) is 6.04 Å². The minimum absolute atomic E-state index is 0. The van der Waals surface area contributed by atoms with Gasteiger partial charge in [0.15, 0.2) is 0 Å². The summed E-state index contributed by atoms with van der Waals surface area (Å²) < 4.78 is 19.4. The van der Waals surface area contributed by atoms with Crippen LogP contribution in [0.25, 0.3) is 0 Å². The van der Waals surface area contributed by atoms with Gasteiger partial charge in [-0.2, -0.15) is 0 Å². The Morgan fingerprint density at radius 2 is 2.11 bits per heavy atom. The Kier molecular flexibility index (Phi) is 6.08. The SMILES string of the molecule is CCC(N)Cc1cc(F)c(C)cc1OCC1CC1.Cl. The standard InChI is InChI=1S/C15H22FNO.ClH/c1-3-13(17)7-12-8-14(16)10(2)6-15(12)18-9-11-4-5-11;/h6,8,11,13H,3-5,7,9,17H2,1-2H3;1H. The molecule has 4 heteroatoms. The highest BCUT2D eigenvalue weighted by Gasteiger charge is 2.22. The molecule has 1 aromatic carbocycles. The van der Waals surface area contributed by atoms with Crippen molar-refractivity contribution >= 4 is 12.4 Å². The van der Waals surface area contributed by atoms with Crippen molar-refractivity contribution in [2.45, 2.75) is 45.6 Å². The van der Waals surface area contributed by atoms with Crippen molar-refractivity contribution in [3.63, 3.8) is 0 Å². The second-order valence-corrected chi connectivity index (χ2v) is 5.34. The normalized spacial score (nSPS) is 15.8. The predicted molar refractivity (Wildman–Crippen MR) is 78.6 cm³/mol. The first-order valence-electron chi connectivity index (χ1n) is 6.77. The van der Waals surface area contributed by atoms with Crippen LogP contribution in [0.5, 0.6) is 5.75 Å². The van der Waals surface area contributed by atoms with E-state index in [1.165, 1.54) is 12.8 Å². The predicted octanol–water partition coefficient (Wildman–Crippen LogP) is 3.62. The van der Waals surface area contributed by atoms with Crippen LogP contribution in [0.2, 0.25) is 0 Å². The van der Waals surface area contributed by atoms with E-state index in [0.29, 0.717) is 17.9 Å². The first-order chi connectivity index (χ1) is 8.60. The molecule has 1 aromatic rings. The average Bonchev–Trinajstić information content (AvgIpc) is 3.15. The molecule has 0 radical (unpaired) electrons. The molecule has 1 fully saturated rings. The van der Waals surface area contributed by atoms with E-state index in [1.54, 1.807) is 19.1 Å². The highest BCUT2D eigenvalue weighted by Crippen LogP contribution is 2.31. The number of hydrogen-bond acceptors (Lipinski definition) is 2. The van der Waals surface area contributed by atoms with Crippen LogP contribution in [-0.2, 0) is 6.42 Å². The molecule has 1 aliphatic rings. The van der Waals surface area contributed by atoms with E-state index < -0.39 is 0 Å². The third-order valence-electron chi connectivity index (χ3n) is 3.52. The summed E-state index contributed by atoms with van der Waals surface area (Å²) in [6.45, 7) is 4.56. The summed E-state index contributed by atoms with van der Waals surface area (Å²) >= 11 is 0. The van der Waals surface area contributed by atoms with Crippen molar-refractivity contribution < 1.29 is 9.13 Å². The van der Waals surface area contributed by atoms with Gasteiger partial charge in [-0.15, -0.1) is 12.4 Å². The molecule has 0 spiro atoms. The molecule has 1 aliphatic carbocycles. The van der Waals surface area contributed by atoms with Crippen LogP contribution in [0.15, 0.2) is 12.1 Å². The second-order valence-electron chi connectivity index (χ2n) is 5.34. The maximum Gasteiger partial charge on any atom is 0.126 e. The zero-order valence-corrected chi connectivity index (χ0v) is 12.4. The van der Waals surface area contributed by atoms with Crippen LogP contribution in [0.3, 0.4) is 0 Å². The third-order valence-corrected chi connectivity index (χ3v) is 3.52. The van der Waals surface area contributed by atoms with Crippen molar-refractivity contribution in [1.82, 2.24) is 0 Å². The first kappa shape index (κ1) is 16.3. The summed E-state index contributed by atoms with van der Waals surface area (Å²) in [5.41, 5.74) is 7.48. The Morgan fingerprint density at radius 3 is 2.68 bits per heavy atom. The average molecular weight is 288 g/mol. The number of aryl methyl sites for hydroxylation is 1. The van der Waals surface area contributed by atoms with Crippen LogP contribution < -0.4 is 10.5 Å². The summed E-state index contributed by atoms with van der Waals surface area (Å²) in [6.07, 6.45) is 4.07. The number of nitrogens with two attached hydrogens (primary N) is 1. The molecule has 0 saturated heterocycles. The molecule has 2 rings (SSSR count). The molecule has 108 valence electrons. The van der Waals surface area contributed by atoms with Crippen molar-refractivity contribution in [3.05, 3.63) is 29.1 Å². The fourth-order valence-corrected chi connectivity index (χ4v) is 1.91. The van der Waals surface area contributed by atoms with E-state index in [4.69, 9.17) is 10.5 Å². The van der Waals surface area contributed by atoms with Gasteiger partial charge in [-0.3, -0.25) is 0 Å². The molecule has 0 bridgehead atoms. The van der Waals surface area contributed by atoms with Crippen molar-refractivity contribution in [2.24, 2.45) is 11.7 Å². The number of rotatable bonds is 6. The van der Waals surface area contributed by atoms with E-state index in [1.807, 2.05) is 6.92 Å². The van der Waals surface area contributed by atoms with Crippen LogP contribution >= 0.6 is 12.4 Å². The van der Waals surface area contributed by atoms with Gasteiger partial charge >= 0.3 is 0 Å². The maximum atomic E-state index is 13.6. The molecule has 1 unspecified atom stereocenters. The molecule has 2 N–H and O–H groups in total. The van der Waals surface area contributed by atoms with E-state index in [2.05, 4.69) is 0 Å². The molecule has 0 amide bonds. The lowest BCUT2D eigenvalue weighted by Crippen LogP contribution is -2.22. The van der Waals surface area contributed by atoms with Gasteiger partial charge in [-0.1, -0.05) is 6.92 Å². The third kappa shape index (κ3) is 4.66. The minimum Gasteiger partial charge on any atom is -0.493 e. The van der Waals surface area contributed by atoms with Gasteiger partial charge in [0.05, 0.1) is 6.61 Å². The lowest BCUT2D eigenvalue weighted by Gasteiger charge is -2.15. The summed E-state index contributed by atoms with van der Waals surface area (Å²) in [5, 5.41) is 0. The summed E-state index contributed by atoms with van der Waals surface area (Å²) in [7, 11) is 0. The fourth-order valence-electron chi connectivity index (χ4n) is 1.91. The summed E-state index contributed by atoms with van der Waals surface area (Å²) in [5.74, 6) is 1.33. The van der Waals surface area contributed by atoms with Gasteiger partial charge in [-0.05, 0) is 61.8 Å². The molecular weight excluding hydrogens is 265 g/mol.